The molecule has 0 amide bonds. The third-order valence-electron chi connectivity index (χ3n) is 4.43. The summed E-state index contributed by atoms with van der Waals surface area (Å²) < 4.78 is 18.7. The number of halogens is 2. The second-order valence-electron chi connectivity index (χ2n) is 6.43. The van der Waals surface area contributed by atoms with E-state index in [2.05, 4.69) is 0 Å². The van der Waals surface area contributed by atoms with Crippen molar-refractivity contribution in [2.45, 2.75) is 13.8 Å². The smallest absolute Gasteiger partial charge is 1.00 e. The molecule has 143 valence electrons. The zero-order chi connectivity index (χ0) is 17.6. The molecule has 1 aliphatic rings. The molecule has 0 fully saturated rings. The molecule has 0 saturated heterocycles. The Morgan fingerprint density at radius 3 is 2.36 bits per heavy atom. The van der Waals surface area contributed by atoms with Gasteiger partial charge >= 0.3 is 33.8 Å². The molecule has 1 aliphatic carbocycles. The van der Waals surface area contributed by atoms with Crippen LogP contribution < -0.4 is 40.6 Å². The summed E-state index contributed by atoms with van der Waals surface area (Å²) in [7, 11) is -3.99. The molecule has 3 aromatic rings. The molecule has 0 aliphatic heterocycles. The van der Waals surface area contributed by atoms with E-state index in [1.54, 1.807) is 12.1 Å². The van der Waals surface area contributed by atoms with Gasteiger partial charge in [0.25, 0.3) is 0 Å². The maximum Gasteiger partial charge on any atom is 3.00 e. The summed E-state index contributed by atoms with van der Waals surface area (Å²) in [4.78, 5) is 10.6. The van der Waals surface area contributed by atoms with Gasteiger partial charge in [0, 0.05) is 10.8 Å². The van der Waals surface area contributed by atoms with Crippen LogP contribution >= 0.6 is 7.60 Å². The Balaban J connectivity index is 0.00000131. The van der Waals surface area contributed by atoms with Crippen molar-refractivity contribution in [3.05, 3.63) is 82.2 Å². The topological polar surface area (TPSA) is 46.5 Å². The Kier molecular flexibility index (Phi) is 8.63. The van der Waals surface area contributed by atoms with Crippen LogP contribution in [0.25, 0.3) is 22.6 Å². The molecule has 4 rings (SSSR count). The largest absolute Gasteiger partial charge is 3.00 e. The summed E-state index contributed by atoms with van der Waals surface area (Å²) in [5, 5.41) is 4.03. The number of rotatable bonds is 3. The summed E-state index contributed by atoms with van der Waals surface area (Å²) in [6.07, 6.45) is 2.00. The molecule has 0 bridgehead atoms. The maximum absolute atomic E-state index is 13.0. The minimum absolute atomic E-state index is 0. The van der Waals surface area contributed by atoms with Crippen LogP contribution in [0.1, 0.15) is 13.8 Å². The van der Waals surface area contributed by atoms with E-state index in [0.717, 1.165) is 32.4 Å². The predicted molar refractivity (Wildman–Crippen MR) is 102 cm³/mol. The molecule has 28 heavy (non-hydrogen) atoms. The van der Waals surface area contributed by atoms with Gasteiger partial charge in [0.05, 0.1) is 0 Å². The normalized spacial score (nSPS) is 14.0. The molecule has 7 heteroatoms. The Morgan fingerprint density at radius 2 is 1.68 bits per heavy atom. The first-order chi connectivity index (χ1) is 12.0. The third kappa shape index (κ3) is 4.59. The molecule has 0 heterocycles. The Bertz CT molecular complexity index is 1160. The van der Waals surface area contributed by atoms with Crippen LogP contribution in [0.15, 0.2) is 71.8 Å². The van der Waals surface area contributed by atoms with Crippen LogP contribution in [0.3, 0.4) is 0 Å². The first kappa shape index (κ1) is 25.0. The summed E-state index contributed by atoms with van der Waals surface area (Å²) in [6.45, 7) is 3.94. The molecule has 1 N–H and O–H groups in total. The predicted octanol–water partition coefficient (Wildman–Crippen LogP) is -2.67. The van der Waals surface area contributed by atoms with Crippen molar-refractivity contribution in [2.75, 3.05) is 0 Å². The van der Waals surface area contributed by atoms with Crippen molar-refractivity contribution in [2.24, 2.45) is 0 Å². The molecule has 0 spiro atoms. The van der Waals surface area contributed by atoms with Crippen molar-refractivity contribution in [1.29, 1.82) is 0 Å². The van der Waals surface area contributed by atoms with E-state index in [1.165, 1.54) is 0 Å². The van der Waals surface area contributed by atoms with Crippen molar-refractivity contribution in [1.82, 2.24) is 0 Å². The van der Waals surface area contributed by atoms with Gasteiger partial charge in [0.15, 0.2) is 0 Å². The Labute approximate surface area is 195 Å². The molecule has 1 atom stereocenters. The summed E-state index contributed by atoms with van der Waals surface area (Å²) in [5.41, 5.74) is 1.91. The maximum atomic E-state index is 13.0. The van der Waals surface area contributed by atoms with E-state index in [-0.39, 0.29) is 51.0 Å². The van der Waals surface area contributed by atoms with Gasteiger partial charge in [-0.15, -0.1) is 35.0 Å². The molecule has 0 aromatic heterocycles. The number of hydrogen-bond acceptors (Lipinski definition) is 2. The van der Waals surface area contributed by atoms with E-state index in [0.29, 0.717) is 11.1 Å². The molecular formula is C21H18Cl2O3PZr. The zero-order valence-electron chi connectivity index (χ0n) is 15.3. The number of fused-ring (bicyclic) bond motifs is 2. The second-order valence-corrected chi connectivity index (χ2v) is 8.17. The van der Waals surface area contributed by atoms with E-state index in [9.17, 15) is 9.46 Å². The van der Waals surface area contributed by atoms with Gasteiger partial charge in [-0.2, -0.15) is 6.07 Å². The van der Waals surface area contributed by atoms with Crippen LogP contribution in [0.2, 0.25) is 0 Å². The fraction of sp³-hybridized carbons (Fsp3) is 0.0952. The van der Waals surface area contributed by atoms with Crippen LogP contribution in [0.5, 0.6) is 0 Å². The van der Waals surface area contributed by atoms with Crippen LogP contribution in [-0.4, -0.2) is 4.89 Å². The average Bonchev–Trinajstić information content (AvgIpc) is 3.17. The first-order valence-corrected chi connectivity index (χ1v) is 9.71. The summed E-state index contributed by atoms with van der Waals surface area (Å²) >= 11 is 0. The quantitative estimate of drug-likeness (QED) is 0.309. The summed E-state index contributed by atoms with van der Waals surface area (Å²) in [5.74, 6) is 0.478. The molecule has 1 radical (unpaired) electrons. The Hall–Kier alpha value is -1.02. The fourth-order valence-corrected chi connectivity index (χ4v) is 4.29. The van der Waals surface area contributed by atoms with Crippen molar-refractivity contribution in [3.8, 4) is 0 Å². The zero-order valence-corrected chi connectivity index (χ0v) is 20.2. The van der Waals surface area contributed by atoms with Crippen LogP contribution in [0.4, 0.5) is 0 Å². The van der Waals surface area contributed by atoms with Gasteiger partial charge < -0.3 is 34.2 Å². The third-order valence-corrected chi connectivity index (χ3v) is 5.77. The van der Waals surface area contributed by atoms with Crippen molar-refractivity contribution < 1.29 is 65.0 Å². The number of allylic oxidation sites excluding steroid dienone is 1. The minimum atomic E-state index is -3.99. The van der Waals surface area contributed by atoms with Gasteiger partial charge in [-0.1, -0.05) is 35.9 Å². The van der Waals surface area contributed by atoms with Crippen LogP contribution in [0, 0.1) is 0 Å². The first-order valence-electron chi connectivity index (χ1n) is 8.13. The van der Waals surface area contributed by atoms with Gasteiger partial charge in [0.1, 0.15) is 5.76 Å². The van der Waals surface area contributed by atoms with Crippen molar-refractivity contribution >= 4 is 35.5 Å². The molecular weight excluding hydrogens is 493 g/mol. The number of benzene rings is 2. The van der Waals surface area contributed by atoms with E-state index < -0.39 is 7.60 Å². The van der Waals surface area contributed by atoms with E-state index >= 15 is 0 Å². The molecule has 0 saturated carbocycles. The number of hydrogen-bond donors (Lipinski definition) is 1. The van der Waals surface area contributed by atoms with E-state index in [4.69, 9.17) is 4.52 Å². The molecule has 3 aromatic carbocycles. The molecule has 3 nitrogen and oxygen atoms in total. The van der Waals surface area contributed by atoms with Crippen molar-refractivity contribution in [3.63, 3.8) is 0 Å². The second kappa shape index (κ2) is 9.66. The Morgan fingerprint density at radius 1 is 1.04 bits per heavy atom. The fourth-order valence-electron chi connectivity index (χ4n) is 3.14. The van der Waals surface area contributed by atoms with Gasteiger partial charge in [-0.3, -0.25) is 0 Å². The van der Waals surface area contributed by atoms with Crippen LogP contribution in [-0.2, 0) is 35.3 Å². The van der Waals surface area contributed by atoms with Gasteiger partial charge in [-0.25, -0.2) is 4.57 Å². The van der Waals surface area contributed by atoms with E-state index in [1.807, 2.05) is 68.5 Å². The average molecular weight is 511 g/mol. The van der Waals surface area contributed by atoms with Gasteiger partial charge in [0.2, 0.25) is 0 Å². The van der Waals surface area contributed by atoms with Gasteiger partial charge in [-0.05, 0) is 30.4 Å². The summed E-state index contributed by atoms with van der Waals surface area (Å²) in [6, 6.07) is 18.9. The minimum Gasteiger partial charge on any atom is -1.00 e. The molecule has 1 unspecified atom stereocenters. The SMILES string of the molecule is CC(C)=C1C=c2ccccc2=C1OP(=O)(O)c1cc2ccccc2[cH-]1.[Cl-].[Cl-].[Zr+3]. The monoisotopic (exact) mass is 509 g/mol. The standard InChI is InChI=1S/C21H18O3P.2ClH.Zr/c1-14(2)20-13-17-9-5-6-10-19(17)21(20)24-25(22,23)18-11-15-7-3-4-8-16(15)12-18;;;/h3-13H,1-2H3,(H,22,23);2*1H;/q-1;;;+3/p-2.